The lowest BCUT2D eigenvalue weighted by Gasteiger charge is -2.37. The molecule has 5 nitrogen and oxygen atoms in total. The van der Waals surface area contributed by atoms with E-state index in [1.165, 1.54) is 0 Å². The molecular weight excluding hydrogens is 278 g/mol. The molecule has 0 aromatic heterocycles. The van der Waals surface area contributed by atoms with Gasteiger partial charge in [0.15, 0.2) is 0 Å². The molecule has 0 unspecified atom stereocenters. The van der Waals surface area contributed by atoms with Gasteiger partial charge in [0.05, 0.1) is 0 Å². The van der Waals surface area contributed by atoms with Crippen LogP contribution in [-0.4, -0.2) is 35.0 Å². The lowest BCUT2D eigenvalue weighted by molar-refractivity contribution is -0.127. The van der Waals surface area contributed by atoms with E-state index in [1.54, 1.807) is 4.90 Å². The molecule has 22 heavy (non-hydrogen) atoms. The minimum atomic E-state index is -0.472. The number of amides is 3. The summed E-state index contributed by atoms with van der Waals surface area (Å²) in [5.41, 5.74) is 1.92. The Morgan fingerprint density at radius 2 is 1.86 bits per heavy atom. The standard InChI is InChI=1S/C17H25N3O2/c1-5-18-16(22)20-11-13-9-7-6-8-12(13)10-14(20)15(21)19-17(2,3)4/h6-9,14H,5,10-11H2,1-4H3,(H,18,22)(H,19,21)/t14-/m0/s1. The fourth-order valence-corrected chi connectivity index (χ4v) is 2.68. The maximum absolute atomic E-state index is 12.6. The summed E-state index contributed by atoms with van der Waals surface area (Å²) < 4.78 is 0. The molecule has 0 fully saturated rings. The number of carbonyl (C=O) groups excluding carboxylic acids is 2. The van der Waals surface area contributed by atoms with Crippen molar-refractivity contribution in [2.24, 2.45) is 0 Å². The summed E-state index contributed by atoms with van der Waals surface area (Å²) in [6.45, 7) is 8.71. The molecule has 0 saturated heterocycles. The molecule has 3 amide bonds. The fourth-order valence-electron chi connectivity index (χ4n) is 2.68. The summed E-state index contributed by atoms with van der Waals surface area (Å²) in [5.74, 6) is -0.103. The molecular formula is C17H25N3O2. The minimum Gasteiger partial charge on any atom is -0.350 e. The monoisotopic (exact) mass is 303 g/mol. The van der Waals surface area contributed by atoms with Crippen molar-refractivity contribution >= 4 is 11.9 Å². The third-order valence-corrected chi connectivity index (χ3v) is 3.64. The maximum atomic E-state index is 12.6. The molecule has 1 aliphatic heterocycles. The summed E-state index contributed by atoms with van der Waals surface area (Å²) >= 11 is 0. The average Bonchev–Trinajstić information content (AvgIpc) is 2.44. The first-order valence-electron chi connectivity index (χ1n) is 7.75. The third kappa shape index (κ3) is 3.78. The second-order valence-corrected chi connectivity index (χ2v) is 6.69. The van der Waals surface area contributed by atoms with E-state index in [1.807, 2.05) is 52.0 Å². The van der Waals surface area contributed by atoms with Gasteiger partial charge in [0, 0.05) is 25.0 Å². The molecule has 5 heteroatoms. The van der Waals surface area contributed by atoms with Crippen LogP contribution in [0.15, 0.2) is 24.3 Å². The molecule has 120 valence electrons. The van der Waals surface area contributed by atoms with Gasteiger partial charge in [-0.05, 0) is 38.8 Å². The van der Waals surface area contributed by atoms with Crippen LogP contribution < -0.4 is 10.6 Å². The zero-order chi connectivity index (χ0) is 16.3. The topological polar surface area (TPSA) is 61.4 Å². The van der Waals surface area contributed by atoms with Crippen LogP contribution >= 0.6 is 0 Å². The summed E-state index contributed by atoms with van der Waals surface area (Å²) in [7, 11) is 0. The highest BCUT2D eigenvalue weighted by Crippen LogP contribution is 2.24. The number of urea groups is 1. The Balaban J connectivity index is 2.27. The van der Waals surface area contributed by atoms with E-state index in [-0.39, 0.29) is 17.5 Å². The van der Waals surface area contributed by atoms with Crippen molar-refractivity contribution in [3.05, 3.63) is 35.4 Å². The Bertz CT molecular complexity index is 563. The lowest BCUT2D eigenvalue weighted by atomic mass is 9.93. The van der Waals surface area contributed by atoms with Crippen LogP contribution in [0.5, 0.6) is 0 Å². The van der Waals surface area contributed by atoms with E-state index in [0.717, 1.165) is 11.1 Å². The third-order valence-electron chi connectivity index (χ3n) is 3.64. The summed E-state index contributed by atoms with van der Waals surface area (Å²) in [5, 5.41) is 5.79. The Morgan fingerprint density at radius 1 is 1.23 bits per heavy atom. The van der Waals surface area contributed by atoms with Crippen molar-refractivity contribution in [3.63, 3.8) is 0 Å². The Labute approximate surface area is 132 Å². The average molecular weight is 303 g/mol. The highest BCUT2D eigenvalue weighted by Gasteiger charge is 2.35. The molecule has 1 aliphatic rings. The largest absolute Gasteiger partial charge is 0.350 e. The van der Waals surface area contributed by atoms with Crippen molar-refractivity contribution in [2.45, 2.75) is 52.2 Å². The highest BCUT2D eigenvalue weighted by atomic mass is 16.2. The van der Waals surface area contributed by atoms with Gasteiger partial charge in [-0.3, -0.25) is 4.79 Å². The van der Waals surface area contributed by atoms with Crippen molar-refractivity contribution in [3.8, 4) is 0 Å². The van der Waals surface area contributed by atoms with E-state index in [4.69, 9.17) is 0 Å². The summed E-state index contributed by atoms with van der Waals surface area (Å²) in [6, 6.07) is 7.32. The van der Waals surface area contributed by atoms with Crippen LogP contribution in [0.3, 0.4) is 0 Å². The molecule has 0 bridgehead atoms. The van der Waals surface area contributed by atoms with E-state index in [9.17, 15) is 9.59 Å². The Morgan fingerprint density at radius 3 is 2.45 bits per heavy atom. The van der Waals surface area contributed by atoms with Gasteiger partial charge in [-0.25, -0.2) is 4.79 Å². The number of carbonyl (C=O) groups is 2. The Hall–Kier alpha value is -2.04. The number of benzene rings is 1. The first-order chi connectivity index (χ1) is 10.3. The number of rotatable bonds is 2. The summed E-state index contributed by atoms with van der Waals surface area (Å²) in [6.07, 6.45) is 0.551. The number of hydrogen-bond donors (Lipinski definition) is 2. The summed E-state index contributed by atoms with van der Waals surface area (Å²) in [4.78, 5) is 26.6. The molecule has 0 aliphatic carbocycles. The van der Waals surface area contributed by atoms with E-state index < -0.39 is 6.04 Å². The fraction of sp³-hybridized carbons (Fsp3) is 0.529. The zero-order valence-electron chi connectivity index (χ0n) is 13.8. The second kappa shape index (κ2) is 6.38. The van der Waals surface area contributed by atoms with Gasteiger partial charge >= 0.3 is 6.03 Å². The lowest BCUT2D eigenvalue weighted by Crippen LogP contribution is -2.57. The van der Waals surface area contributed by atoms with Gasteiger partial charge < -0.3 is 15.5 Å². The van der Waals surface area contributed by atoms with Crippen molar-refractivity contribution in [2.75, 3.05) is 6.54 Å². The molecule has 1 atom stereocenters. The number of nitrogens with one attached hydrogen (secondary N) is 2. The first-order valence-corrected chi connectivity index (χ1v) is 7.75. The van der Waals surface area contributed by atoms with Crippen LogP contribution in [0.4, 0.5) is 4.79 Å². The molecule has 0 saturated carbocycles. The SMILES string of the molecule is CCNC(=O)N1Cc2ccccc2C[C@H]1C(=O)NC(C)(C)C. The normalized spacial score (nSPS) is 17.6. The van der Waals surface area contributed by atoms with Crippen molar-refractivity contribution in [1.29, 1.82) is 0 Å². The Kier molecular flexibility index (Phi) is 4.74. The van der Waals surface area contributed by atoms with Gasteiger partial charge in [0.2, 0.25) is 5.91 Å². The van der Waals surface area contributed by atoms with Crippen LogP contribution in [0.1, 0.15) is 38.8 Å². The molecule has 0 spiro atoms. The van der Waals surface area contributed by atoms with Crippen molar-refractivity contribution in [1.82, 2.24) is 15.5 Å². The molecule has 2 N–H and O–H groups in total. The molecule has 1 aromatic carbocycles. The van der Waals surface area contributed by atoms with E-state index >= 15 is 0 Å². The quantitative estimate of drug-likeness (QED) is 0.878. The smallest absolute Gasteiger partial charge is 0.318 e. The van der Waals surface area contributed by atoms with Gasteiger partial charge in [-0.2, -0.15) is 0 Å². The first kappa shape index (κ1) is 16.3. The van der Waals surface area contributed by atoms with Gasteiger partial charge in [-0.15, -0.1) is 0 Å². The number of fused-ring (bicyclic) bond motifs is 1. The van der Waals surface area contributed by atoms with Crippen LogP contribution in [0, 0.1) is 0 Å². The predicted octanol–water partition coefficient (Wildman–Crippen LogP) is 2.06. The van der Waals surface area contributed by atoms with Gasteiger partial charge in [-0.1, -0.05) is 24.3 Å². The predicted molar refractivity (Wildman–Crippen MR) is 86.4 cm³/mol. The molecule has 0 radical (unpaired) electrons. The molecule has 1 aromatic rings. The maximum Gasteiger partial charge on any atom is 0.318 e. The van der Waals surface area contributed by atoms with E-state index in [0.29, 0.717) is 19.5 Å². The molecule has 1 heterocycles. The number of hydrogen-bond acceptors (Lipinski definition) is 2. The van der Waals surface area contributed by atoms with Gasteiger partial charge in [0.25, 0.3) is 0 Å². The van der Waals surface area contributed by atoms with Crippen LogP contribution in [-0.2, 0) is 17.8 Å². The van der Waals surface area contributed by atoms with E-state index in [2.05, 4.69) is 10.6 Å². The second-order valence-electron chi connectivity index (χ2n) is 6.69. The van der Waals surface area contributed by atoms with Gasteiger partial charge in [0.1, 0.15) is 6.04 Å². The molecule has 2 rings (SSSR count). The van der Waals surface area contributed by atoms with Crippen LogP contribution in [0.2, 0.25) is 0 Å². The number of nitrogens with zero attached hydrogens (tertiary/aromatic N) is 1. The van der Waals surface area contributed by atoms with Crippen molar-refractivity contribution < 1.29 is 9.59 Å². The van der Waals surface area contributed by atoms with Crippen LogP contribution in [0.25, 0.3) is 0 Å². The highest BCUT2D eigenvalue weighted by molar-refractivity contribution is 5.88. The minimum absolute atomic E-state index is 0.103. The zero-order valence-corrected chi connectivity index (χ0v) is 13.8.